The Morgan fingerprint density at radius 3 is 3.04 bits per heavy atom. The van der Waals surface area contributed by atoms with Crippen LogP contribution in [-0.4, -0.2) is 21.7 Å². The average Bonchev–Trinajstić information content (AvgIpc) is 3.10. The molecule has 0 saturated carbocycles. The fourth-order valence-electron chi connectivity index (χ4n) is 2.82. The lowest BCUT2D eigenvalue weighted by atomic mass is 10.1. The number of nitriles is 1. The molecule has 2 aromatic rings. The van der Waals surface area contributed by atoms with Crippen LogP contribution in [0.1, 0.15) is 28.1 Å². The molecule has 8 heteroatoms. The summed E-state index contributed by atoms with van der Waals surface area (Å²) in [5, 5.41) is 13.3. The van der Waals surface area contributed by atoms with Gasteiger partial charge in [-0.2, -0.15) is 5.26 Å². The molecule has 0 radical (unpaired) electrons. The van der Waals surface area contributed by atoms with E-state index < -0.39 is 0 Å². The first-order chi connectivity index (χ1) is 11.5. The van der Waals surface area contributed by atoms with Crippen molar-refractivity contribution < 1.29 is 4.79 Å². The molecule has 0 unspecified atom stereocenters. The van der Waals surface area contributed by atoms with Crippen molar-refractivity contribution in [2.75, 3.05) is 11.6 Å². The lowest BCUT2D eigenvalue weighted by Crippen LogP contribution is -2.29. The molecule has 124 valence electrons. The molecule has 1 aliphatic rings. The highest BCUT2D eigenvalue weighted by Gasteiger charge is 2.23. The van der Waals surface area contributed by atoms with E-state index in [2.05, 4.69) is 16.4 Å². The Bertz CT molecular complexity index is 908. The normalized spacial score (nSPS) is 12.7. The minimum absolute atomic E-state index is 0.115. The second-order valence-electron chi connectivity index (χ2n) is 5.53. The highest BCUT2D eigenvalue weighted by atomic mass is 32.2. The third kappa shape index (κ3) is 3.09. The number of rotatable bonds is 4. The molecule has 0 aromatic carbocycles. The Kier molecular flexibility index (Phi) is 4.73. The number of carbonyl (C=O) groups is 1. The van der Waals surface area contributed by atoms with Crippen molar-refractivity contribution >= 4 is 34.0 Å². The molecule has 0 spiro atoms. The Labute approximate surface area is 147 Å². The number of thiophene rings is 1. The summed E-state index contributed by atoms with van der Waals surface area (Å²) < 4.78 is 1.35. The number of carbonyl (C=O) groups excluding carboxylic acids is 1. The van der Waals surface area contributed by atoms with Gasteiger partial charge < -0.3 is 5.32 Å². The number of fused-ring (bicyclic) bond motifs is 1. The van der Waals surface area contributed by atoms with Crippen LogP contribution < -0.4 is 10.9 Å². The zero-order valence-electron chi connectivity index (χ0n) is 13.4. The molecule has 0 saturated heterocycles. The van der Waals surface area contributed by atoms with Gasteiger partial charge >= 0.3 is 0 Å². The molecule has 1 N–H and O–H groups in total. The summed E-state index contributed by atoms with van der Waals surface area (Å²) in [5.41, 5.74) is 2.01. The molecule has 0 bridgehead atoms. The van der Waals surface area contributed by atoms with Crippen LogP contribution in [0, 0.1) is 18.3 Å². The van der Waals surface area contributed by atoms with E-state index in [1.54, 1.807) is 6.92 Å². The molecule has 3 rings (SSSR count). The van der Waals surface area contributed by atoms with Gasteiger partial charge in [0.25, 0.3) is 5.56 Å². The fraction of sp³-hybridized carbons (Fsp3) is 0.375. The lowest BCUT2D eigenvalue weighted by molar-refractivity contribution is -0.116. The van der Waals surface area contributed by atoms with Crippen LogP contribution in [0.15, 0.2) is 16.0 Å². The third-order valence-corrected chi connectivity index (χ3v) is 5.76. The van der Waals surface area contributed by atoms with E-state index in [9.17, 15) is 14.9 Å². The van der Waals surface area contributed by atoms with Crippen molar-refractivity contribution in [2.24, 2.45) is 0 Å². The minimum atomic E-state index is -0.325. The number of nitrogens with zero attached hydrogens (tertiary/aromatic N) is 3. The molecule has 1 amide bonds. The van der Waals surface area contributed by atoms with Gasteiger partial charge in [0.05, 0.1) is 5.56 Å². The summed E-state index contributed by atoms with van der Waals surface area (Å²) in [6, 6.07) is 3.61. The van der Waals surface area contributed by atoms with Gasteiger partial charge in [-0.05, 0) is 38.0 Å². The Balaban J connectivity index is 1.83. The number of thioether (sulfide) groups is 1. The maximum Gasteiger partial charge on any atom is 0.254 e. The number of anilines is 1. The van der Waals surface area contributed by atoms with Crippen LogP contribution >= 0.6 is 23.1 Å². The fourth-order valence-corrected chi connectivity index (χ4v) is 4.68. The van der Waals surface area contributed by atoms with Gasteiger partial charge in [-0.15, -0.1) is 11.3 Å². The number of aromatic nitrogens is 2. The number of nitrogens with one attached hydrogen (secondary N) is 1. The van der Waals surface area contributed by atoms with Gasteiger partial charge in [0, 0.05) is 16.6 Å². The maximum atomic E-state index is 12.4. The highest BCUT2D eigenvalue weighted by Crippen LogP contribution is 2.38. The van der Waals surface area contributed by atoms with Crippen LogP contribution in [0.25, 0.3) is 0 Å². The van der Waals surface area contributed by atoms with Gasteiger partial charge in [-0.25, -0.2) is 4.98 Å². The quantitative estimate of drug-likeness (QED) is 0.668. The van der Waals surface area contributed by atoms with Gasteiger partial charge in [0.15, 0.2) is 5.16 Å². The van der Waals surface area contributed by atoms with Crippen molar-refractivity contribution in [3.8, 4) is 6.07 Å². The smallest absolute Gasteiger partial charge is 0.254 e. The first-order valence-electron chi connectivity index (χ1n) is 7.50. The molecular weight excluding hydrogens is 344 g/mol. The summed E-state index contributed by atoms with van der Waals surface area (Å²) in [7, 11) is 0. The van der Waals surface area contributed by atoms with Crippen LogP contribution in [0.5, 0.6) is 0 Å². The van der Waals surface area contributed by atoms with E-state index in [-0.39, 0.29) is 18.0 Å². The summed E-state index contributed by atoms with van der Waals surface area (Å²) in [4.78, 5) is 30.0. The van der Waals surface area contributed by atoms with Gasteiger partial charge in [0.2, 0.25) is 5.91 Å². The molecule has 0 fully saturated rings. The van der Waals surface area contributed by atoms with Crippen molar-refractivity contribution in [1.82, 2.24) is 9.55 Å². The van der Waals surface area contributed by atoms with E-state index in [4.69, 9.17) is 0 Å². The maximum absolute atomic E-state index is 12.4. The van der Waals surface area contributed by atoms with Crippen LogP contribution in [-0.2, 0) is 24.2 Å². The standard InChI is InChI=1S/C16H16N4O2S2/c1-9-6-14(22)20(16(18-9)23-2)8-13(21)19-15-11(7-17)10-4-3-5-12(10)24-15/h6H,3-5,8H2,1-2H3,(H,19,21). The first-order valence-corrected chi connectivity index (χ1v) is 9.54. The number of hydrogen-bond donors (Lipinski definition) is 1. The second-order valence-corrected chi connectivity index (χ2v) is 7.41. The van der Waals surface area contributed by atoms with Crippen molar-refractivity contribution in [2.45, 2.75) is 37.9 Å². The summed E-state index contributed by atoms with van der Waals surface area (Å²) >= 11 is 2.79. The zero-order valence-corrected chi connectivity index (χ0v) is 15.0. The first kappa shape index (κ1) is 16.7. The predicted octanol–water partition coefficient (Wildman–Crippen LogP) is 2.33. The van der Waals surface area contributed by atoms with E-state index in [0.717, 1.165) is 24.8 Å². The molecule has 24 heavy (non-hydrogen) atoms. The van der Waals surface area contributed by atoms with Crippen molar-refractivity contribution in [3.63, 3.8) is 0 Å². The van der Waals surface area contributed by atoms with E-state index >= 15 is 0 Å². The Hall–Kier alpha value is -2.11. The van der Waals surface area contributed by atoms with Gasteiger partial charge in [-0.3, -0.25) is 14.2 Å². The molecule has 0 atom stereocenters. The molecular formula is C16H16N4O2S2. The van der Waals surface area contributed by atoms with E-state index in [1.165, 1.54) is 38.6 Å². The lowest BCUT2D eigenvalue weighted by Gasteiger charge is -2.10. The van der Waals surface area contributed by atoms with Crippen LogP contribution in [0.2, 0.25) is 0 Å². The van der Waals surface area contributed by atoms with Crippen molar-refractivity contribution in [3.05, 3.63) is 38.1 Å². The SMILES string of the molecule is CSc1nc(C)cc(=O)n1CC(=O)Nc1sc2c(c1C#N)CCC2. The van der Waals surface area contributed by atoms with Gasteiger partial charge in [-0.1, -0.05) is 11.8 Å². The zero-order chi connectivity index (χ0) is 17.3. The molecule has 0 aliphatic heterocycles. The van der Waals surface area contributed by atoms with Gasteiger partial charge in [0.1, 0.15) is 17.6 Å². The summed E-state index contributed by atoms with van der Waals surface area (Å²) in [6.07, 6.45) is 4.73. The van der Waals surface area contributed by atoms with Crippen molar-refractivity contribution in [1.29, 1.82) is 5.26 Å². The van der Waals surface area contributed by atoms with E-state index in [1.807, 2.05) is 6.26 Å². The topological polar surface area (TPSA) is 87.8 Å². The number of hydrogen-bond acceptors (Lipinski definition) is 6. The third-order valence-electron chi connectivity index (χ3n) is 3.87. The summed E-state index contributed by atoms with van der Waals surface area (Å²) in [6.45, 7) is 1.63. The molecule has 2 heterocycles. The molecule has 1 aliphatic carbocycles. The number of amides is 1. The average molecular weight is 360 g/mol. The Morgan fingerprint density at radius 1 is 1.54 bits per heavy atom. The second kappa shape index (κ2) is 6.79. The predicted molar refractivity (Wildman–Crippen MR) is 94.7 cm³/mol. The highest BCUT2D eigenvalue weighted by molar-refractivity contribution is 7.98. The minimum Gasteiger partial charge on any atom is -0.315 e. The van der Waals surface area contributed by atoms with Crippen LogP contribution in [0.3, 0.4) is 0 Å². The Morgan fingerprint density at radius 2 is 2.33 bits per heavy atom. The largest absolute Gasteiger partial charge is 0.315 e. The molecule has 6 nitrogen and oxygen atoms in total. The summed E-state index contributed by atoms with van der Waals surface area (Å²) in [5.74, 6) is -0.325. The van der Waals surface area contributed by atoms with E-state index in [0.29, 0.717) is 21.4 Å². The van der Waals surface area contributed by atoms with Crippen LogP contribution in [0.4, 0.5) is 5.00 Å². The molecule has 2 aromatic heterocycles. The number of aryl methyl sites for hydroxylation is 2. The monoisotopic (exact) mass is 360 g/mol.